The van der Waals surface area contributed by atoms with Crippen molar-refractivity contribution in [1.82, 2.24) is 0 Å². The Hall–Kier alpha value is -2.07. The fraction of sp³-hybridized carbons (Fsp3) is 0.0714. The van der Waals surface area contributed by atoms with Gasteiger partial charge in [-0.3, -0.25) is 0 Å². The molecule has 0 aromatic heterocycles. The fourth-order valence-electron chi connectivity index (χ4n) is 1.47. The van der Waals surface area contributed by atoms with Gasteiger partial charge in [0, 0.05) is 0 Å². The quantitative estimate of drug-likeness (QED) is 0.717. The summed E-state index contributed by atoms with van der Waals surface area (Å²) in [6, 6.07) is 20.7. The molecule has 2 rings (SSSR count). The van der Waals surface area contributed by atoms with Crippen molar-refractivity contribution in [2.45, 2.75) is 6.42 Å². The molecule has 0 N–H and O–H groups in total. The standard InChI is InChI=1S/C14H10N/c15-11-14-8-6-13(7-9-14)10-12-4-2-1-3-5-12/h2-9H,10H2. The van der Waals surface area contributed by atoms with Gasteiger partial charge in [-0.2, -0.15) is 5.26 Å². The lowest BCUT2D eigenvalue weighted by Gasteiger charge is -2.01. The molecule has 1 radical (unpaired) electrons. The summed E-state index contributed by atoms with van der Waals surface area (Å²) < 4.78 is 0. The first-order valence-electron chi connectivity index (χ1n) is 4.82. The molecule has 0 unspecified atom stereocenters. The third kappa shape index (κ3) is 2.45. The molecule has 0 aliphatic rings. The van der Waals surface area contributed by atoms with Crippen LogP contribution in [0.2, 0.25) is 0 Å². The average Bonchev–Trinajstić information content (AvgIpc) is 2.31. The van der Waals surface area contributed by atoms with Crippen LogP contribution in [0, 0.1) is 17.4 Å². The van der Waals surface area contributed by atoms with Crippen LogP contribution >= 0.6 is 0 Å². The van der Waals surface area contributed by atoms with Gasteiger partial charge in [0.05, 0.1) is 11.6 Å². The van der Waals surface area contributed by atoms with Crippen LogP contribution in [0.1, 0.15) is 16.7 Å². The van der Waals surface area contributed by atoms with Crippen LogP contribution in [0.4, 0.5) is 0 Å². The summed E-state index contributed by atoms with van der Waals surface area (Å²) in [6.45, 7) is 0. The average molecular weight is 192 g/mol. The predicted octanol–water partition coefficient (Wildman–Crippen LogP) is 2.95. The number of hydrogen-bond acceptors (Lipinski definition) is 1. The van der Waals surface area contributed by atoms with Crippen molar-refractivity contribution >= 4 is 0 Å². The smallest absolute Gasteiger partial charge is 0.0991 e. The second kappa shape index (κ2) is 4.43. The maximum Gasteiger partial charge on any atom is 0.0991 e. The highest BCUT2D eigenvalue weighted by molar-refractivity contribution is 5.33. The Morgan fingerprint density at radius 2 is 1.53 bits per heavy atom. The number of nitrogens with zero attached hydrogens (tertiary/aromatic N) is 1. The number of benzene rings is 2. The summed E-state index contributed by atoms with van der Waals surface area (Å²) >= 11 is 0. The normalized spacial score (nSPS) is 9.53. The van der Waals surface area contributed by atoms with Gasteiger partial charge in [-0.05, 0) is 35.7 Å². The van der Waals surface area contributed by atoms with Crippen LogP contribution in [0.15, 0.2) is 48.5 Å². The molecule has 0 fully saturated rings. The predicted molar refractivity (Wildman–Crippen MR) is 59.2 cm³/mol. The number of nitriles is 1. The van der Waals surface area contributed by atoms with Crippen LogP contribution < -0.4 is 0 Å². The largest absolute Gasteiger partial charge is 0.192 e. The molecule has 2 aromatic carbocycles. The molecule has 0 saturated heterocycles. The summed E-state index contributed by atoms with van der Waals surface area (Å²) in [4.78, 5) is 0. The van der Waals surface area contributed by atoms with E-state index in [4.69, 9.17) is 5.26 Å². The molecule has 0 amide bonds. The van der Waals surface area contributed by atoms with Gasteiger partial charge in [-0.1, -0.05) is 36.4 Å². The first-order valence-corrected chi connectivity index (χ1v) is 4.82. The SMILES string of the molecule is N#Cc1ccc(Cc2cc[c]cc2)cc1. The molecular weight excluding hydrogens is 182 g/mol. The summed E-state index contributed by atoms with van der Waals surface area (Å²) in [7, 11) is 0. The molecule has 0 atom stereocenters. The highest BCUT2D eigenvalue weighted by Gasteiger charge is 1.95. The minimum absolute atomic E-state index is 0.708. The van der Waals surface area contributed by atoms with E-state index in [1.54, 1.807) is 0 Å². The van der Waals surface area contributed by atoms with E-state index in [1.807, 2.05) is 36.4 Å². The fourth-order valence-corrected chi connectivity index (χ4v) is 1.47. The van der Waals surface area contributed by atoms with Gasteiger partial charge in [0.15, 0.2) is 0 Å². The van der Waals surface area contributed by atoms with Crippen molar-refractivity contribution in [1.29, 1.82) is 5.26 Å². The van der Waals surface area contributed by atoms with Crippen LogP contribution in [0.25, 0.3) is 0 Å². The van der Waals surface area contributed by atoms with Crippen molar-refractivity contribution < 1.29 is 0 Å². The molecule has 15 heavy (non-hydrogen) atoms. The Morgan fingerprint density at radius 1 is 0.933 bits per heavy atom. The summed E-state index contributed by atoms with van der Waals surface area (Å²) in [5, 5.41) is 8.66. The van der Waals surface area contributed by atoms with Crippen LogP contribution in [-0.2, 0) is 6.42 Å². The van der Waals surface area contributed by atoms with Gasteiger partial charge in [0.25, 0.3) is 0 Å². The van der Waals surface area contributed by atoms with Gasteiger partial charge >= 0.3 is 0 Å². The Labute approximate surface area is 89.6 Å². The second-order valence-corrected chi connectivity index (χ2v) is 3.39. The maximum absolute atomic E-state index is 8.66. The number of hydrogen-bond donors (Lipinski definition) is 0. The molecule has 0 heterocycles. The highest BCUT2D eigenvalue weighted by atomic mass is 14.2. The third-order valence-electron chi connectivity index (χ3n) is 2.28. The first kappa shape index (κ1) is 9.48. The number of rotatable bonds is 2. The molecule has 1 heteroatoms. The lowest BCUT2D eigenvalue weighted by atomic mass is 10.0. The summed E-state index contributed by atoms with van der Waals surface area (Å²) in [6.07, 6.45) is 0.903. The molecular formula is C14H10N. The van der Waals surface area contributed by atoms with E-state index in [-0.39, 0.29) is 0 Å². The van der Waals surface area contributed by atoms with Crippen LogP contribution in [0.3, 0.4) is 0 Å². The lowest BCUT2D eigenvalue weighted by Crippen LogP contribution is -1.87. The topological polar surface area (TPSA) is 23.8 Å². The second-order valence-electron chi connectivity index (χ2n) is 3.39. The zero-order valence-electron chi connectivity index (χ0n) is 8.27. The Kier molecular flexibility index (Phi) is 2.80. The molecule has 0 bridgehead atoms. The third-order valence-corrected chi connectivity index (χ3v) is 2.28. The first-order chi connectivity index (χ1) is 7.38. The van der Waals surface area contributed by atoms with Crippen molar-refractivity contribution in [3.05, 3.63) is 71.3 Å². The Bertz CT molecular complexity index is 463. The molecule has 0 aliphatic heterocycles. The molecule has 71 valence electrons. The van der Waals surface area contributed by atoms with Gasteiger partial charge in [0.2, 0.25) is 0 Å². The van der Waals surface area contributed by atoms with Gasteiger partial charge in [-0.25, -0.2) is 0 Å². The van der Waals surface area contributed by atoms with Gasteiger partial charge in [0.1, 0.15) is 0 Å². The summed E-state index contributed by atoms with van der Waals surface area (Å²) in [5.41, 5.74) is 3.19. The van der Waals surface area contributed by atoms with Crippen molar-refractivity contribution in [3.63, 3.8) is 0 Å². The monoisotopic (exact) mass is 192 g/mol. The van der Waals surface area contributed by atoms with E-state index >= 15 is 0 Å². The molecule has 1 nitrogen and oxygen atoms in total. The zero-order valence-corrected chi connectivity index (χ0v) is 8.27. The van der Waals surface area contributed by atoms with E-state index in [0.29, 0.717) is 5.56 Å². The minimum atomic E-state index is 0.708. The minimum Gasteiger partial charge on any atom is -0.192 e. The maximum atomic E-state index is 8.66. The van der Waals surface area contributed by atoms with Crippen LogP contribution in [-0.4, -0.2) is 0 Å². The van der Waals surface area contributed by atoms with Crippen LogP contribution in [0.5, 0.6) is 0 Å². The van der Waals surface area contributed by atoms with E-state index in [2.05, 4.69) is 24.3 Å². The molecule has 0 saturated carbocycles. The van der Waals surface area contributed by atoms with Crippen molar-refractivity contribution in [2.24, 2.45) is 0 Å². The summed E-state index contributed by atoms with van der Waals surface area (Å²) in [5.74, 6) is 0. The van der Waals surface area contributed by atoms with Gasteiger partial charge in [-0.15, -0.1) is 0 Å². The van der Waals surface area contributed by atoms with Crippen molar-refractivity contribution in [3.8, 4) is 6.07 Å². The van der Waals surface area contributed by atoms with E-state index in [0.717, 1.165) is 6.42 Å². The molecule has 0 spiro atoms. The Balaban J connectivity index is 2.16. The highest BCUT2D eigenvalue weighted by Crippen LogP contribution is 2.09. The van der Waals surface area contributed by atoms with E-state index < -0.39 is 0 Å². The van der Waals surface area contributed by atoms with Gasteiger partial charge < -0.3 is 0 Å². The molecule has 0 aliphatic carbocycles. The van der Waals surface area contributed by atoms with E-state index in [9.17, 15) is 0 Å². The van der Waals surface area contributed by atoms with Crippen molar-refractivity contribution in [2.75, 3.05) is 0 Å². The molecule has 2 aromatic rings. The Morgan fingerprint density at radius 3 is 2.13 bits per heavy atom. The zero-order chi connectivity index (χ0) is 10.5. The van der Waals surface area contributed by atoms with E-state index in [1.165, 1.54) is 11.1 Å². The lowest BCUT2D eigenvalue weighted by molar-refractivity contribution is 1.19.